The Morgan fingerprint density at radius 1 is 0.897 bits per heavy atom. The molecule has 0 saturated heterocycles. The fraction of sp³-hybridized carbons (Fsp3) is 0.348. The van der Waals surface area contributed by atoms with Gasteiger partial charge < -0.3 is 9.47 Å². The molecule has 0 fully saturated rings. The van der Waals surface area contributed by atoms with E-state index in [-0.39, 0.29) is 5.41 Å². The molecular formula is C23H26F3N3. The maximum absolute atomic E-state index is 12.7. The fourth-order valence-electron chi connectivity index (χ4n) is 3.28. The smallest absolute Gasteiger partial charge is 0.373 e. The molecule has 6 heteroatoms. The van der Waals surface area contributed by atoms with Gasteiger partial charge in [-0.3, -0.25) is 0 Å². The number of aromatic nitrogens is 2. The molecule has 0 radical (unpaired) electrons. The molecule has 29 heavy (non-hydrogen) atoms. The molecule has 3 rings (SSSR count). The standard InChI is InChI=1S/C23H26F3N3/c1-22(2,3)21-27-13-14-29(21)16-15-28(4)20-11-7-18(8-12-20)17-5-9-19(10-6-17)23(24,25)26/h5-14H,15-16H2,1-4H3. The summed E-state index contributed by atoms with van der Waals surface area (Å²) >= 11 is 0. The molecule has 3 nitrogen and oxygen atoms in total. The SMILES string of the molecule is CN(CCn1ccnc1C(C)(C)C)c1ccc(-c2ccc(C(F)(F)F)cc2)cc1. The minimum atomic E-state index is -4.31. The van der Waals surface area contributed by atoms with Gasteiger partial charge in [0.1, 0.15) is 5.82 Å². The highest BCUT2D eigenvalue weighted by atomic mass is 19.4. The molecule has 0 amide bonds. The maximum atomic E-state index is 12.7. The minimum Gasteiger partial charge on any atom is -0.373 e. The van der Waals surface area contributed by atoms with Crippen molar-refractivity contribution in [3.05, 3.63) is 72.3 Å². The number of rotatable bonds is 5. The molecular weight excluding hydrogens is 375 g/mol. The van der Waals surface area contributed by atoms with Gasteiger partial charge in [-0.2, -0.15) is 13.2 Å². The summed E-state index contributed by atoms with van der Waals surface area (Å²) in [6.45, 7) is 8.09. The van der Waals surface area contributed by atoms with Crippen molar-refractivity contribution in [3.8, 4) is 11.1 Å². The van der Waals surface area contributed by atoms with Crippen molar-refractivity contribution in [2.75, 3.05) is 18.5 Å². The van der Waals surface area contributed by atoms with Gasteiger partial charge in [-0.05, 0) is 35.4 Å². The van der Waals surface area contributed by atoms with Crippen LogP contribution in [0.3, 0.4) is 0 Å². The molecule has 3 aromatic rings. The number of hydrogen-bond acceptors (Lipinski definition) is 2. The molecule has 0 unspecified atom stereocenters. The normalized spacial score (nSPS) is 12.2. The molecule has 154 valence electrons. The van der Waals surface area contributed by atoms with Gasteiger partial charge in [0.25, 0.3) is 0 Å². The molecule has 0 spiro atoms. The summed E-state index contributed by atoms with van der Waals surface area (Å²) in [5.41, 5.74) is 2.07. The van der Waals surface area contributed by atoms with Gasteiger partial charge >= 0.3 is 6.18 Å². The van der Waals surface area contributed by atoms with Gasteiger partial charge in [0.15, 0.2) is 0 Å². The van der Waals surface area contributed by atoms with Crippen molar-refractivity contribution < 1.29 is 13.2 Å². The van der Waals surface area contributed by atoms with E-state index in [9.17, 15) is 13.2 Å². The van der Waals surface area contributed by atoms with Crippen LogP contribution in [0, 0.1) is 0 Å². The van der Waals surface area contributed by atoms with E-state index >= 15 is 0 Å². The Morgan fingerprint density at radius 3 is 1.97 bits per heavy atom. The van der Waals surface area contributed by atoms with Gasteiger partial charge in [-0.25, -0.2) is 4.98 Å². The second-order valence-corrected chi connectivity index (χ2v) is 8.24. The van der Waals surface area contributed by atoms with Crippen LogP contribution in [-0.2, 0) is 18.1 Å². The zero-order chi connectivity index (χ0) is 21.2. The molecule has 0 aliphatic rings. The first-order valence-electron chi connectivity index (χ1n) is 9.56. The summed E-state index contributed by atoms with van der Waals surface area (Å²) in [7, 11) is 2.03. The number of benzene rings is 2. The van der Waals surface area contributed by atoms with Crippen molar-refractivity contribution in [2.24, 2.45) is 0 Å². The zero-order valence-corrected chi connectivity index (χ0v) is 17.2. The van der Waals surface area contributed by atoms with Crippen molar-refractivity contribution in [2.45, 2.75) is 38.9 Å². The summed E-state index contributed by atoms with van der Waals surface area (Å²) in [4.78, 5) is 6.63. The minimum absolute atomic E-state index is 0.00855. The summed E-state index contributed by atoms with van der Waals surface area (Å²) in [5, 5.41) is 0. The number of nitrogens with zero attached hydrogens (tertiary/aromatic N) is 3. The predicted molar refractivity (Wildman–Crippen MR) is 111 cm³/mol. The van der Waals surface area contributed by atoms with Gasteiger partial charge in [0.2, 0.25) is 0 Å². The van der Waals surface area contributed by atoms with Crippen molar-refractivity contribution in [1.29, 1.82) is 0 Å². The van der Waals surface area contributed by atoms with Gasteiger partial charge in [0.05, 0.1) is 5.56 Å². The number of alkyl halides is 3. The van der Waals surface area contributed by atoms with E-state index < -0.39 is 11.7 Å². The lowest BCUT2D eigenvalue weighted by molar-refractivity contribution is -0.137. The topological polar surface area (TPSA) is 21.1 Å². The zero-order valence-electron chi connectivity index (χ0n) is 17.2. The summed E-state index contributed by atoms with van der Waals surface area (Å²) in [6.07, 6.45) is -0.477. The largest absolute Gasteiger partial charge is 0.416 e. The number of halogens is 3. The molecule has 0 aliphatic heterocycles. The number of hydrogen-bond donors (Lipinski definition) is 0. The first-order valence-corrected chi connectivity index (χ1v) is 9.56. The first-order chi connectivity index (χ1) is 13.6. The molecule has 0 bridgehead atoms. The first kappa shape index (κ1) is 21.0. The van der Waals surface area contributed by atoms with Crippen LogP contribution in [0.5, 0.6) is 0 Å². The van der Waals surface area contributed by atoms with Crippen LogP contribution in [0.4, 0.5) is 18.9 Å². The average Bonchev–Trinajstić information content (AvgIpc) is 3.15. The second kappa shape index (κ2) is 7.93. The van der Waals surface area contributed by atoms with E-state index in [0.717, 1.165) is 47.9 Å². The molecule has 0 aliphatic carbocycles. The van der Waals surface area contributed by atoms with Crippen LogP contribution in [0.2, 0.25) is 0 Å². The van der Waals surface area contributed by atoms with E-state index in [1.54, 1.807) is 0 Å². The van der Waals surface area contributed by atoms with Crippen LogP contribution >= 0.6 is 0 Å². The molecule has 0 N–H and O–H groups in total. The van der Waals surface area contributed by atoms with E-state index in [1.165, 1.54) is 12.1 Å². The maximum Gasteiger partial charge on any atom is 0.416 e. The monoisotopic (exact) mass is 401 g/mol. The molecule has 0 saturated carbocycles. The molecule has 0 atom stereocenters. The molecule has 1 heterocycles. The number of likely N-dealkylation sites (N-methyl/N-ethyl adjacent to an activating group) is 1. The highest BCUT2D eigenvalue weighted by molar-refractivity contribution is 5.66. The third kappa shape index (κ3) is 5.00. The van der Waals surface area contributed by atoms with Crippen LogP contribution in [0.15, 0.2) is 60.9 Å². The van der Waals surface area contributed by atoms with Gasteiger partial charge in [0, 0.05) is 43.6 Å². The Balaban J connectivity index is 1.66. The third-order valence-electron chi connectivity index (χ3n) is 4.92. The van der Waals surface area contributed by atoms with Crippen LogP contribution < -0.4 is 4.90 Å². The fourth-order valence-corrected chi connectivity index (χ4v) is 3.28. The summed E-state index contributed by atoms with van der Waals surface area (Å²) in [6, 6.07) is 13.1. The average molecular weight is 401 g/mol. The number of anilines is 1. The van der Waals surface area contributed by atoms with Crippen LogP contribution in [0.25, 0.3) is 11.1 Å². The molecule has 2 aromatic carbocycles. The Labute approximate surface area is 169 Å². The lowest BCUT2D eigenvalue weighted by atomic mass is 9.96. The Morgan fingerprint density at radius 2 is 1.45 bits per heavy atom. The van der Waals surface area contributed by atoms with Crippen molar-refractivity contribution >= 4 is 5.69 Å². The van der Waals surface area contributed by atoms with E-state index in [2.05, 4.69) is 35.2 Å². The van der Waals surface area contributed by atoms with Gasteiger partial charge in [-0.15, -0.1) is 0 Å². The summed E-state index contributed by atoms with van der Waals surface area (Å²) < 4.78 is 40.3. The van der Waals surface area contributed by atoms with E-state index in [0.29, 0.717) is 0 Å². The van der Waals surface area contributed by atoms with E-state index in [4.69, 9.17) is 0 Å². The second-order valence-electron chi connectivity index (χ2n) is 8.24. The lowest BCUT2D eigenvalue weighted by Crippen LogP contribution is -2.26. The number of imidazole rings is 1. The van der Waals surface area contributed by atoms with Crippen molar-refractivity contribution in [1.82, 2.24) is 9.55 Å². The van der Waals surface area contributed by atoms with Gasteiger partial charge in [-0.1, -0.05) is 45.0 Å². The Bertz CT molecular complexity index is 933. The highest BCUT2D eigenvalue weighted by Gasteiger charge is 2.29. The lowest BCUT2D eigenvalue weighted by Gasteiger charge is -2.23. The summed E-state index contributed by atoms with van der Waals surface area (Å²) in [5.74, 6) is 1.06. The van der Waals surface area contributed by atoms with Crippen LogP contribution in [0.1, 0.15) is 32.2 Å². The third-order valence-corrected chi connectivity index (χ3v) is 4.92. The quantitative estimate of drug-likeness (QED) is 0.523. The highest BCUT2D eigenvalue weighted by Crippen LogP contribution is 2.31. The molecule has 1 aromatic heterocycles. The Hall–Kier alpha value is -2.76. The van der Waals surface area contributed by atoms with Crippen LogP contribution in [-0.4, -0.2) is 23.1 Å². The Kier molecular flexibility index (Phi) is 5.73. The van der Waals surface area contributed by atoms with E-state index in [1.807, 2.05) is 43.7 Å². The predicted octanol–water partition coefficient (Wildman–Crippen LogP) is 6.00. The van der Waals surface area contributed by atoms with Crippen molar-refractivity contribution in [3.63, 3.8) is 0 Å².